The Morgan fingerprint density at radius 3 is 2.71 bits per heavy atom. The van der Waals surface area contributed by atoms with E-state index in [4.69, 9.17) is 4.74 Å². The number of aromatic hydroxyl groups is 1. The van der Waals surface area contributed by atoms with Crippen molar-refractivity contribution in [3.8, 4) is 11.5 Å². The Morgan fingerprint density at radius 1 is 1.64 bits per heavy atom. The monoisotopic (exact) mass is 195 g/mol. The maximum absolute atomic E-state index is 10.7. The number of phenolic OH excluding ortho intramolecular Hbond substituents is 1. The van der Waals surface area contributed by atoms with E-state index in [0.29, 0.717) is 5.56 Å². The van der Waals surface area contributed by atoms with Crippen LogP contribution in [0.15, 0.2) is 18.7 Å². The van der Waals surface area contributed by atoms with Gasteiger partial charge in [0.05, 0.1) is 17.6 Å². The van der Waals surface area contributed by atoms with Crippen molar-refractivity contribution in [1.29, 1.82) is 0 Å². The van der Waals surface area contributed by atoms with Gasteiger partial charge in [0.25, 0.3) is 0 Å². The van der Waals surface area contributed by atoms with Crippen LogP contribution in [0.25, 0.3) is 6.08 Å². The van der Waals surface area contributed by atoms with Crippen molar-refractivity contribution < 1.29 is 14.8 Å². The number of hydrogen-bond donors (Lipinski definition) is 1. The standard InChI is InChI=1S/C9H9NO4/c1-3-6-4-5-7(11)9(14-2)8(6)10(12)13/h3-5,11H,1H2,2H3. The molecule has 5 nitrogen and oxygen atoms in total. The first-order valence-corrected chi connectivity index (χ1v) is 3.78. The lowest BCUT2D eigenvalue weighted by Crippen LogP contribution is -1.96. The van der Waals surface area contributed by atoms with Crippen LogP contribution >= 0.6 is 0 Å². The highest BCUT2D eigenvalue weighted by Gasteiger charge is 2.22. The Hall–Kier alpha value is -2.04. The normalized spacial score (nSPS) is 9.50. The van der Waals surface area contributed by atoms with Crippen LogP contribution in [0.1, 0.15) is 5.56 Å². The number of nitrogens with zero attached hydrogens (tertiary/aromatic N) is 1. The quantitative estimate of drug-likeness (QED) is 0.591. The predicted molar refractivity (Wildman–Crippen MR) is 51.4 cm³/mol. The van der Waals surface area contributed by atoms with Crippen molar-refractivity contribution in [3.05, 3.63) is 34.4 Å². The number of benzene rings is 1. The van der Waals surface area contributed by atoms with E-state index in [-0.39, 0.29) is 17.2 Å². The summed E-state index contributed by atoms with van der Waals surface area (Å²) in [5.41, 5.74) is 0.0344. The molecule has 1 aromatic rings. The van der Waals surface area contributed by atoms with Gasteiger partial charge in [-0.05, 0) is 12.1 Å². The first kappa shape index (κ1) is 10.0. The summed E-state index contributed by atoms with van der Waals surface area (Å²) >= 11 is 0. The Kier molecular flexibility index (Phi) is 2.71. The van der Waals surface area contributed by atoms with Gasteiger partial charge in [0.1, 0.15) is 0 Å². The van der Waals surface area contributed by atoms with E-state index in [2.05, 4.69) is 6.58 Å². The minimum atomic E-state index is -0.616. The highest BCUT2D eigenvalue weighted by Crippen LogP contribution is 2.38. The van der Waals surface area contributed by atoms with Crippen LogP contribution in [0.5, 0.6) is 11.5 Å². The molecule has 0 radical (unpaired) electrons. The third-order valence-corrected chi connectivity index (χ3v) is 1.75. The molecule has 0 atom stereocenters. The Bertz CT molecular complexity index is 387. The van der Waals surface area contributed by atoms with E-state index in [9.17, 15) is 15.2 Å². The number of rotatable bonds is 3. The molecule has 14 heavy (non-hydrogen) atoms. The van der Waals surface area contributed by atoms with E-state index < -0.39 is 4.92 Å². The number of phenols is 1. The van der Waals surface area contributed by atoms with Gasteiger partial charge in [-0.1, -0.05) is 12.7 Å². The Labute approximate surface area is 80.4 Å². The molecule has 0 saturated carbocycles. The number of ether oxygens (including phenoxy) is 1. The molecule has 0 unspecified atom stereocenters. The van der Waals surface area contributed by atoms with Gasteiger partial charge in [-0.3, -0.25) is 10.1 Å². The topological polar surface area (TPSA) is 72.6 Å². The molecular weight excluding hydrogens is 186 g/mol. The van der Waals surface area contributed by atoms with Gasteiger partial charge >= 0.3 is 5.69 Å². The van der Waals surface area contributed by atoms with Crippen molar-refractivity contribution >= 4 is 11.8 Å². The molecule has 1 aromatic carbocycles. The van der Waals surface area contributed by atoms with Gasteiger partial charge in [0.15, 0.2) is 5.75 Å². The van der Waals surface area contributed by atoms with Crippen LogP contribution < -0.4 is 4.74 Å². The minimum absolute atomic E-state index is 0.146. The van der Waals surface area contributed by atoms with Gasteiger partial charge in [0, 0.05) is 0 Å². The third kappa shape index (κ3) is 1.52. The Morgan fingerprint density at radius 2 is 2.29 bits per heavy atom. The molecular formula is C9H9NO4. The highest BCUT2D eigenvalue weighted by molar-refractivity contribution is 5.69. The summed E-state index contributed by atoms with van der Waals surface area (Å²) in [5.74, 6) is -0.405. The summed E-state index contributed by atoms with van der Waals surface area (Å²) in [6.45, 7) is 3.44. The predicted octanol–water partition coefficient (Wildman–Crippen LogP) is 1.95. The van der Waals surface area contributed by atoms with Crippen LogP contribution in [0.3, 0.4) is 0 Å². The first-order valence-electron chi connectivity index (χ1n) is 3.78. The third-order valence-electron chi connectivity index (χ3n) is 1.75. The van der Waals surface area contributed by atoms with E-state index in [1.165, 1.54) is 25.3 Å². The molecule has 1 N–H and O–H groups in total. The number of nitro benzene ring substituents is 1. The van der Waals surface area contributed by atoms with Crippen LogP contribution in [0, 0.1) is 10.1 Å². The molecule has 0 amide bonds. The maximum Gasteiger partial charge on any atom is 0.321 e. The molecule has 0 aliphatic rings. The van der Waals surface area contributed by atoms with Gasteiger partial charge in [-0.2, -0.15) is 0 Å². The fourth-order valence-electron chi connectivity index (χ4n) is 1.13. The molecule has 0 aliphatic heterocycles. The fourth-order valence-corrected chi connectivity index (χ4v) is 1.13. The summed E-state index contributed by atoms with van der Waals surface area (Å²) in [4.78, 5) is 10.1. The molecule has 0 heterocycles. The van der Waals surface area contributed by atoms with Crippen molar-refractivity contribution in [1.82, 2.24) is 0 Å². The lowest BCUT2D eigenvalue weighted by atomic mass is 10.1. The van der Waals surface area contributed by atoms with Crippen molar-refractivity contribution in [2.45, 2.75) is 0 Å². The molecule has 5 heteroatoms. The van der Waals surface area contributed by atoms with E-state index in [1.807, 2.05) is 0 Å². The van der Waals surface area contributed by atoms with Crippen molar-refractivity contribution in [2.75, 3.05) is 7.11 Å². The number of hydrogen-bond acceptors (Lipinski definition) is 4. The molecule has 0 aliphatic carbocycles. The molecule has 0 saturated heterocycles. The van der Waals surface area contributed by atoms with Gasteiger partial charge in [-0.25, -0.2) is 0 Å². The largest absolute Gasteiger partial charge is 0.504 e. The lowest BCUT2D eigenvalue weighted by Gasteiger charge is -2.05. The summed E-state index contributed by atoms with van der Waals surface area (Å²) in [7, 11) is 1.26. The number of nitro groups is 1. The average Bonchev–Trinajstić information content (AvgIpc) is 2.17. The maximum atomic E-state index is 10.7. The second kappa shape index (κ2) is 3.78. The smallest absolute Gasteiger partial charge is 0.321 e. The van der Waals surface area contributed by atoms with E-state index >= 15 is 0 Å². The van der Waals surface area contributed by atoms with Crippen LogP contribution in [-0.4, -0.2) is 17.1 Å². The van der Waals surface area contributed by atoms with Gasteiger partial charge in [0.2, 0.25) is 5.75 Å². The molecule has 74 valence electrons. The summed E-state index contributed by atoms with van der Waals surface area (Å²) < 4.78 is 4.74. The molecule has 0 spiro atoms. The second-order valence-corrected chi connectivity index (χ2v) is 2.52. The van der Waals surface area contributed by atoms with Gasteiger partial charge in [-0.15, -0.1) is 0 Å². The van der Waals surface area contributed by atoms with E-state index in [1.54, 1.807) is 0 Å². The highest BCUT2D eigenvalue weighted by atomic mass is 16.6. The zero-order valence-electron chi connectivity index (χ0n) is 7.56. The van der Waals surface area contributed by atoms with Crippen molar-refractivity contribution in [2.24, 2.45) is 0 Å². The molecule has 1 rings (SSSR count). The SMILES string of the molecule is C=Cc1ccc(O)c(OC)c1[N+](=O)[O-]. The Balaban J connectivity index is 3.51. The fraction of sp³-hybridized carbons (Fsp3) is 0.111. The van der Waals surface area contributed by atoms with E-state index in [0.717, 1.165) is 0 Å². The summed E-state index contributed by atoms with van der Waals surface area (Å²) in [6, 6.07) is 2.73. The molecule has 0 aromatic heterocycles. The summed E-state index contributed by atoms with van der Waals surface area (Å²) in [5, 5.41) is 20.0. The summed E-state index contributed by atoms with van der Waals surface area (Å²) in [6.07, 6.45) is 1.33. The zero-order valence-corrected chi connectivity index (χ0v) is 7.56. The second-order valence-electron chi connectivity index (χ2n) is 2.52. The van der Waals surface area contributed by atoms with Crippen molar-refractivity contribution in [3.63, 3.8) is 0 Å². The first-order chi connectivity index (χ1) is 6.61. The minimum Gasteiger partial charge on any atom is -0.504 e. The van der Waals surface area contributed by atoms with Gasteiger partial charge < -0.3 is 9.84 Å². The van der Waals surface area contributed by atoms with Crippen LogP contribution in [-0.2, 0) is 0 Å². The average molecular weight is 195 g/mol. The molecule has 0 fully saturated rings. The van der Waals surface area contributed by atoms with Crippen LogP contribution in [0.4, 0.5) is 5.69 Å². The molecule has 0 bridgehead atoms. The zero-order chi connectivity index (χ0) is 10.7. The lowest BCUT2D eigenvalue weighted by molar-refractivity contribution is -0.386. The van der Waals surface area contributed by atoms with Crippen LogP contribution in [0.2, 0.25) is 0 Å². The number of methoxy groups -OCH3 is 1.